The lowest BCUT2D eigenvalue weighted by Gasteiger charge is -2.10. The Hall–Kier alpha value is -2.01. The summed E-state index contributed by atoms with van der Waals surface area (Å²) in [5.41, 5.74) is 2.79. The molecule has 0 aliphatic heterocycles. The molecule has 0 unspecified atom stereocenters. The Morgan fingerprint density at radius 3 is 2.79 bits per heavy atom. The van der Waals surface area contributed by atoms with E-state index in [4.69, 9.17) is 4.74 Å². The first-order valence-electron chi connectivity index (χ1n) is 7.84. The Morgan fingerprint density at radius 1 is 1.21 bits per heavy atom. The minimum absolute atomic E-state index is 0.00226. The number of hydrogen-bond acceptors (Lipinski definition) is 3. The highest BCUT2D eigenvalue weighted by Gasteiger charge is 2.05. The van der Waals surface area contributed by atoms with Crippen molar-refractivity contribution in [2.75, 3.05) is 18.9 Å². The van der Waals surface area contributed by atoms with E-state index in [2.05, 4.69) is 5.32 Å². The van der Waals surface area contributed by atoms with Crippen LogP contribution in [0.3, 0.4) is 0 Å². The molecule has 2 aromatic rings. The van der Waals surface area contributed by atoms with Gasteiger partial charge in [-0.2, -0.15) is 11.8 Å². The molecule has 0 radical (unpaired) electrons. The van der Waals surface area contributed by atoms with E-state index in [1.54, 1.807) is 23.9 Å². The van der Waals surface area contributed by atoms with Crippen LogP contribution in [0.4, 0.5) is 4.39 Å². The van der Waals surface area contributed by atoms with Crippen LogP contribution in [0.2, 0.25) is 0 Å². The molecule has 0 spiro atoms. The summed E-state index contributed by atoms with van der Waals surface area (Å²) >= 11 is 1.59. The summed E-state index contributed by atoms with van der Waals surface area (Å²) in [6, 6.07) is 12.6. The van der Waals surface area contributed by atoms with Gasteiger partial charge in [0.1, 0.15) is 11.6 Å². The van der Waals surface area contributed by atoms with Gasteiger partial charge in [-0.05, 0) is 42.7 Å². The van der Waals surface area contributed by atoms with E-state index in [-0.39, 0.29) is 18.3 Å². The van der Waals surface area contributed by atoms with E-state index in [0.717, 1.165) is 22.6 Å². The summed E-state index contributed by atoms with van der Waals surface area (Å²) in [7, 11) is 0. The monoisotopic (exact) mass is 347 g/mol. The molecule has 0 fully saturated rings. The van der Waals surface area contributed by atoms with Gasteiger partial charge in [0.05, 0.1) is 0 Å². The number of carbonyl (C=O) groups excluding carboxylic acids is 1. The maximum atomic E-state index is 13.4. The first kappa shape index (κ1) is 18.3. The average Bonchev–Trinajstić information content (AvgIpc) is 2.57. The van der Waals surface area contributed by atoms with Gasteiger partial charge in [-0.3, -0.25) is 4.79 Å². The molecule has 0 aromatic heterocycles. The van der Waals surface area contributed by atoms with Gasteiger partial charge in [-0.1, -0.05) is 30.3 Å². The van der Waals surface area contributed by atoms with E-state index in [9.17, 15) is 9.18 Å². The molecule has 2 aromatic carbocycles. The number of thioether (sulfide) groups is 1. The lowest BCUT2D eigenvalue weighted by molar-refractivity contribution is -0.122. The van der Waals surface area contributed by atoms with Gasteiger partial charge >= 0.3 is 0 Å². The van der Waals surface area contributed by atoms with E-state index in [1.807, 2.05) is 38.1 Å². The summed E-state index contributed by atoms with van der Waals surface area (Å²) < 4.78 is 19.0. The van der Waals surface area contributed by atoms with E-state index in [1.165, 1.54) is 6.07 Å². The predicted molar refractivity (Wildman–Crippen MR) is 97.0 cm³/mol. The fourth-order valence-electron chi connectivity index (χ4n) is 2.12. The average molecular weight is 347 g/mol. The SMILES string of the molecule is Cc1ccc(C)c(OCC(=O)NCCSCc2ccccc2F)c1. The molecule has 1 N–H and O–H groups in total. The van der Waals surface area contributed by atoms with Crippen molar-refractivity contribution >= 4 is 17.7 Å². The van der Waals surface area contributed by atoms with Crippen molar-refractivity contribution in [1.29, 1.82) is 0 Å². The van der Waals surface area contributed by atoms with Crippen molar-refractivity contribution in [2.45, 2.75) is 19.6 Å². The molecular weight excluding hydrogens is 325 g/mol. The van der Waals surface area contributed by atoms with Crippen LogP contribution < -0.4 is 10.1 Å². The predicted octanol–water partition coefficient (Wildman–Crippen LogP) is 3.87. The number of benzene rings is 2. The van der Waals surface area contributed by atoms with Crippen LogP contribution in [-0.2, 0) is 10.5 Å². The number of amides is 1. The van der Waals surface area contributed by atoms with Crippen molar-refractivity contribution in [2.24, 2.45) is 0 Å². The van der Waals surface area contributed by atoms with Crippen LogP contribution >= 0.6 is 11.8 Å². The third kappa shape index (κ3) is 5.89. The minimum atomic E-state index is -0.184. The second kappa shape index (κ2) is 9.33. The maximum absolute atomic E-state index is 13.4. The molecule has 0 aliphatic carbocycles. The van der Waals surface area contributed by atoms with Crippen molar-refractivity contribution < 1.29 is 13.9 Å². The molecule has 24 heavy (non-hydrogen) atoms. The van der Waals surface area contributed by atoms with Crippen molar-refractivity contribution in [3.63, 3.8) is 0 Å². The van der Waals surface area contributed by atoms with Gasteiger partial charge in [0.15, 0.2) is 6.61 Å². The Bertz CT molecular complexity index is 691. The molecule has 0 saturated heterocycles. The molecule has 0 aliphatic rings. The second-order valence-corrected chi connectivity index (χ2v) is 6.66. The number of ether oxygens (including phenoxy) is 1. The smallest absolute Gasteiger partial charge is 0.257 e. The van der Waals surface area contributed by atoms with Crippen LogP contribution in [0.1, 0.15) is 16.7 Å². The van der Waals surface area contributed by atoms with Gasteiger partial charge < -0.3 is 10.1 Å². The van der Waals surface area contributed by atoms with Crippen molar-refractivity contribution in [3.8, 4) is 5.75 Å². The van der Waals surface area contributed by atoms with Gasteiger partial charge in [0, 0.05) is 18.1 Å². The molecule has 5 heteroatoms. The van der Waals surface area contributed by atoms with Gasteiger partial charge in [0.25, 0.3) is 5.91 Å². The number of nitrogens with one attached hydrogen (secondary N) is 1. The van der Waals surface area contributed by atoms with Crippen molar-refractivity contribution in [3.05, 3.63) is 65.0 Å². The highest BCUT2D eigenvalue weighted by molar-refractivity contribution is 7.98. The molecule has 0 bridgehead atoms. The van der Waals surface area contributed by atoms with E-state index in [0.29, 0.717) is 17.9 Å². The lowest BCUT2D eigenvalue weighted by Crippen LogP contribution is -2.30. The van der Waals surface area contributed by atoms with Crippen LogP contribution in [0.5, 0.6) is 5.75 Å². The highest BCUT2D eigenvalue weighted by Crippen LogP contribution is 2.19. The molecule has 128 valence electrons. The third-order valence-corrected chi connectivity index (χ3v) is 4.49. The van der Waals surface area contributed by atoms with Gasteiger partial charge in [-0.15, -0.1) is 0 Å². The standard InChI is InChI=1S/C19H22FNO2S/c1-14-7-8-15(2)18(11-14)23-12-19(22)21-9-10-24-13-16-5-3-4-6-17(16)20/h3-8,11H,9-10,12-13H2,1-2H3,(H,21,22). The lowest BCUT2D eigenvalue weighted by atomic mass is 10.1. The van der Waals surface area contributed by atoms with Crippen molar-refractivity contribution in [1.82, 2.24) is 5.32 Å². The third-order valence-electron chi connectivity index (χ3n) is 3.49. The Labute approximate surface area is 146 Å². The normalized spacial score (nSPS) is 10.5. The zero-order valence-electron chi connectivity index (χ0n) is 14.0. The quantitative estimate of drug-likeness (QED) is 0.737. The van der Waals surface area contributed by atoms with Gasteiger partial charge in [0.2, 0.25) is 0 Å². The maximum Gasteiger partial charge on any atom is 0.257 e. The number of rotatable bonds is 8. The molecule has 2 rings (SSSR count). The number of aryl methyl sites for hydroxylation is 2. The Kier molecular flexibility index (Phi) is 7.12. The van der Waals surface area contributed by atoms with Gasteiger partial charge in [-0.25, -0.2) is 4.39 Å². The largest absolute Gasteiger partial charge is 0.483 e. The Balaban J connectivity index is 1.63. The molecule has 0 saturated carbocycles. The molecule has 0 atom stereocenters. The topological polar surface area (TPSA) is 38.3 Å². The first-order valence-corrected chi connectivity index (χ1v) is 8.99. The summed E-state index contributed by atoms with van der Waals surface area (Å²) in [6.07, 6.45) is 0. The summed E-state index contributed by atoms with van der Waals surface area (Å²) in [5, 5.41) is 2.81. The zero-order valence-corrected chi connectivity index (χ0v) is 14.8. The minimum Gasteiger partial charge on any atom is -0.483 e. The highest BCUT2D eigenvalue weighted by atomic mass is 32.2. The van der Waals surface area contributed by atoms with Crippen LogP contribution in [-0.4, -0.2) is 24.8 Å². The molecule has 1 amide bonds. The molecule has 3 nitrogen and oxygen atoms in total. The molecular formula is C19H22FNO2S. The van der Waals surface area contributed by atoms with Crippen LogP contribution in [0.15, 0.2) is 42.5 Å². The number of carbonyl (C=O) groups is 1. The number of hydrogen-bond donors (Lipinski definition) is 1. The van der Waals surface area contributed by atoms with Crippen LogP contribution in [0.25, 0.3) is 0 Å². The fourth-order valence-corrected chi connectivity index (χ4v) is 2.96. The molecule has 0 heterocycles. The second-order valence-electron chi connectivity index (χ2n) is 5.55. The van der Waals surface area contributed by atoms with E-state index < -0.39 is 0 Å². The van der Waals surface area contributed by atoms with Crippen LogP contribution in [0, 0.1) is 19.7 Å². The summed E-state index contributed by atoms with van der Waals surface area (Å²) in [6.45, 7) is 4.47. The summed E-state index contributed by atoms with van der Waals surface area (Å²) in [4.78, 5) is 11.8. The fraction of sp³-hybridized carbons (Fsp3) is 0.316. The van der Waals surface area contributed by atoms with E-state index >= 15 is 0 Å². The number of halogens is 1. The first-order chi connectivity index (χ1) is 11.6. The summed E-state index contributed by atoms with van der Waals surface area (Å²) in [5.74, 6) is 1.72. The Morgan fingerprint density at radius 2 is 2.00 bits per heavy atom. The zero-order chi connectivity index (χ0) is 17.4.